The molecular weight excluding hydrogens is 320 g/mol. The molecule has 0 atom stereocenters. The van der Waals surface area contributed by atoms with E-state index in [1.165, 1.54) is 0 Å². The number of ether oxygens (including phenoxy) is 1. The predicted octanol–water partition coefficient (Wildman–Crippen LogP) is 2.47. The molecule has 6 nitrogen and oxygen atoms in total. The van der Waals surface area contributed by atoms with Crippen LogP contribution in [0.15, 0.2) is 18.2 Å². The Hall–Kier alpha value is -2.34. The third-order valence-electron chi connectivity index (χ3n) is 5.28. The van der Waals surface area contributed by atoms with Gasteiger partial charge in [-0.25, -0.2) is 0 Å². The zero-order chi connectivity index (χ0) is 18.1. The lowest BCUT2D eigenvalue weighted by Crippen LogP contribution is -2.39. The van der Waals surface area contributed by atoms with Gasteiger partial charge in [0, 0.05) is 29.2 Å². The Kier molecular flexibility index (Phi) is 4.81. The molecule has 1 fully saturated rings. The molecule has 2 aromatic rings. The maximum Gasteiger partial charge on any atom is 0.306 e. The average molecular weight is 344 g/mol. The van der Waals surface area contributed by atoms with Crippen molar-refractivity contribution in [2.75, 3.05) is 26.7 Å². The van der Waals surface area contributed by atoms with E-state index in [1.54, 1.807) is 7.11 Å². The number of methoxy groups -OCH3 is 1. The predicted molar refractivity (Wildman–Crippen MR) is 95.3 cm³/mol. The van der Waals surface area contributed by atoms with Crippen molar-refractivity contribution in [3.63, 3.8) is 0 Å². The smallest absolute Gasteiger partial charge is 0.306 e. The summed E-state index contributed by atoms with van der Waals surface area (Å²) in [5.41, 5.74) is 2.68. The topological polar surface area (TPSA) is 71.8 Å². The summed E-state index contributed by atoms with van der Waals surface area (Å²) in [4.78, 5) is 26.1. The molecule has 0 unspecified atom stereocenters. The number of ketones is 1. The quantitative estimate of drug-likeness (QED) is 0.844. The van der Waals surface area contributed by atoms with Crippen molar-refractivity contribution in [3.05, 3.63) is 29.5 Å². The maximum atomic E-state index is 13.0. The van der Waals surface area contributed by atoms with Crippen LogP contribution < -0.4 is 4.74 Å². The fourth-order valence-electron chi connectivity index (χ4n) is 3.65. The van der Waals surface area contributed by atoms with Gasteiger partial charge in [0.05, 0.1) is 19.6 Å². The van der Waals surface area contributed by atoms with Gasteiger partial charge >= 0.3 is 5.97 Å². The van der Waals surface area contributed by atoms with Crippen LogP contribution in [0, 0.1) is 12.8 Å². The van der Waals surface area contributed by atoms with E-state index in [1.807, 2.05) is 36.7 Å². The molecular formula is C19H24N2O4. The highest BCUT2D eigenvalue weighted by atomic mass is 16.5. The zero-order valence-corrected chi connectivity index (χ0v) is 14.9. The molecule has 0 bridgehead atoms. The van der Waals surface area contributed by atoms with E-state index < -0.39 is 5.97 Å². The number of benzene rings is 1. The Balaban J connectivity index is 1.83. The molecule has 25 heavy (non-hydrogen) atoms. The Bertz CT molecular complexity index is 816. The normalized spacial score (nSPS) is 16.3. The summed E-state index contributed by atoms with van der Waals surface area (Å²) in [5, 5.41) is 10.00. The second-order valence-corrected chi connectivity index (χ2v) is 6.71. The molecule has 134 valence electrons. The second kappa shape index (κ2) is 6.88. The summed E-state index contributed by atoms with van der Waals surface area (Å²) < 4.78 is 7.33. The Morgan fingerprint density at radius 1 is 1.28 bits per heavy atom. The summed E-state index contributed by atoms with van der Waals surface area (Å²) in [6, 6.07) is 5.77. The monoisotopic (exact) mass is 344 g/mol. The van der Waals surface area contributed by atoms with Crippen LogP contribution in [0.3, 0.4) is 0 Å². The van der Waals surface area contributed by atoms with Gasteiger partial charge < -0.3 is 14.4 Å². The lowest BCUT2D eigenvalue weighted by molar-refractivity contribution is -0.143. The zero-order valence-electron chi connectivity index (χ0n) is 14.9. The molecule has 1 aromatic heterocycles. The number of carboxylic acid groups (broad SMARTS) is 1. The number of aryl methyl sites for hydroxylation is 1. The Morgan fingerprint density at radius 2 is 1.96 bits per heavy atom. The highest BCUT2D eigenvalue weighted by Crippen LogP contribution is 2.29. The fraction of sp³-hybridized carbons (Fsp3) is 0.474. The number of hydrogen-bond donors (Lipinski definition) is 1. The lowest BCUT2D eigenvalue weighted by atomic mass is 9.96. The number of carboxylic acids is 1. The molecule has 6 heteroatoms. The Morgan fingerprint density at radius 3 is 2.56 bits per heavy atom. The number of Topliss-reactive ketones (excluding diaryl/α,β-unsaturated/α-hetero) is 1. The maximum absolute atomic E-state index is 13.0. The lowest BCUT2D eigenvalue weighted by Gasteiger charge is -2.29. The first-order chi connectivity index (χ1) is 11.9. The SMILES string of the molecule is COc1ccc2c(c1)c(C(=O)CN1CCC(C(=O)O)CC1)c(C)n2C. The van der Waals surface area contributed by atoms with Gasteiger partial charge in [0.25, 0.3) is 0 Å². The number of carbonyl (C=O) groups is 2. The van der Waals surface area contributed by atoms with E-state index in [2.05, 4.69) is 4.90 Å². The molecule has 1 aliphatic rings. The van der Waals surface area contributed by atoms with Crippen LogP contribution in [0.25, 0.3) is 10.9 Å². The largest absolute Gasteiger partial charge is 0.497 e. The van der Waals surface area contributed by atoms with E-state index in [4.69, 9.17) is 9.84 Å². The number of likely N-dealkylation sites (tertiary alicyclic amines) is 1. The number of aromatic nitrogens is 1. The van der Waals surface area contributed by atoms with Gasteiger partial charge in [-0.15, -0.1) is 0 Å². The number of carbonyl (C=O) groups excluding carboxylic acids is 1. The van der Waals surface area contributed by atoms with Crippen LogP contribution in [-0.4, -0.2) is 53.1 Å². The fourth-order valence-corrected chi connectivity index (χ4v) is 3.65. The van der Waals surface area contributed by atoms with Gasteiger partial charge in [-0.3, -0.25) is 14.5 Å². The van der Waals surface area contributed by atoms with E-state index in [0.717, 1.165) is 27.9 Å². The van der Waals surface area contributed by atoms with Crippen molar-refractivity contribution >= 4 is 22.7 Å². The number of fused-ring (bicyclic) bond motifs is 1. The summed E-state index contributed by atoms with van der Waals surface area (Å²) in [7, 11) is 3.57. The summed E-state index contributed by atoms with van der Waals surface area (Å²) >= 11 is 0. The molecule has 1 N–H and O–H groups in total. The minimum absolute atomic E-state index is 0.0742. The van der Waals surface area contributed by atoms with Crippen molar-refractivity contribution in [1.82, 2.24) is 9.47 Å². The van der Waals surface area contributed by atoms with Crippen molar-refractivity contribution in [3.8, 4) is 5.75 Å². The standard InChI is InChI=1S/C19H24N2O4/c1-12-18(15-10-14(25-3)4-5-16(15)20(12)2)17(22)11-21-8-6-13(7-9-21)19(23)24/h4-5,10,13H,6-9,11H2,1-3H3,(H,23,24). The number of hydrogen-bond acceptors (Lipinski definition) is 4. The van der Waals surface area contributed by atoms with Gasteiger partial charge in [-0.05, 0) is 51.1 Å². The van der Waals surface area contributed by atoms with Gasteiger partial charge in [0.1, 0.15) is 5.75 Å². The molecule has 1 aliphatic heterocycles. The Labute approximate surface area is 147 Å². The van der Waals surface area contributed by atoms with E-state index in [-0.39, 0.29) is 11.7 Å². The van der Waals surface area contributed by atoms with Crippen molar-refractivity contribution in [2.45, 2.75) is 19.8 Å². The molecule has 1 aromatic carbocycles. The number of nitrogens with zero attached hydrogens (tertiary/aromatic N) is 2. The van der Waals surface area contributed by atoms with Gasteiger partial charge in [0.15, 0.2) is 5.78 Å². The van der Waals surface area contributed by atoms with Crippen LogP contribution in [0.1, 0.15) is 28.9 Å². The highest BCUT2D eigenvalue weighted by molar-refractivity contribution is 6.10. The number of rotatable bonds is 5. The van der Waals surface area contributed by atoms with E-state index in [0.29, 0.717) is 32.5 Å². The number of aliphatic carboxylic acids is 1. The van der Waals surface area contributed by atoms with Crippen LogP contribution >= 0.6 is 0 Å². The third kappa shape index (κ3) is 3.26. The van der Waals surface area contributed by atoms with Gasteiger partial charge in [-0.1, -0.05) is 0 Å². The molecule has 3 rings (SSSR count). The molecule has 2 heterocycles. The van der Waals surface area contributed by atoms with Crippen molar-refractivity contribution in [2.24, 2.45) is 13.0 Å². The van der Waals surface area contributed by atoms with E-state index in [9.17, 15) is 9.59 Å². The first-order valence-electron chi connectivity index (χ1n) is 8.53. The summed E-state index contributed by atoms with van der Waals surface area (Å²) in [5.74, 6) is -0.211. The molecule has 0 radical (unpaired) electrons. The molecule has 0 aliphatic carbocycles. The van der Waals surface area contributed by atoms with Gasteiger partial charge in [0.2, 0.25) is 0 Å². The van der Waals surface area contributed by atoms with E-state index >= 15 is 0 Å². The highest BCUT2D eigenvalue weighted by Gasteiger charge is 2.27. The van der Waals surface area contributed by atoms with Crippen molar-refractivity contribution in [1.29, 1.82) is 0 Å². The molecule has 0 spiro atoms. The molecule has 0 amide bonds. The molecule has 1 saturated heterocycles. The third-order valence-corrected chi connectivity index (χ3v) is 5.28. The van der Waals surface area contributed by atoms with Crippen LogP contribution in [0.2, 0.25) is 0 Å². The van der Waals surface area contributed by atoms with Crippen molar-refractivity contribution < 1.29 is 19.4 Å². The molecule has 0 saturated carbocycles. The summed E-state index contributed by atoms with van der Waals surface area (Å²) in [6.07, 6.45) is 1.20. The summed E-state index contributed by atoms with van der Waals surface area (Å²) in [6.45, 7) is 3.57. The van der Waals surface area contributed by atoms with Crippen LogP contribution in [0.5, 0.6) is 5.75 Å². The minimum Gasteiger partial charge on any atom is -0.497 e. The first-order valence-corrected chi connectivity index (χ1v) is 8.53. The number of piperidine rings is 1. The second-order valence-electron chi connectivity index (χ2n) is 6.71. The average Bonchev–Trinajstić information content (AvgIpc) is 2.85. The minimum atomic E-state index is -0.733. The first kappa shape index (κ1) is 17.5. The van der Waals surface area contributed by atoms with Crippen LogP contribution in [-0.2, 0) is 11.8 Å². The van der Waals surface area contributed by atoms with Crippen LogP contribution in [0.4, 0.5) is 0 Å². The van der Waals surface area contributed by atoms with Gasteiger partial charge in [-0.2, -0.15) is 0 Å².